The quantitative estimate of drug-likeness (QED) is 0.876. The highest BCUT2D eigenvalue weighted by Gasteiger charge is 2.28. The molecule has 1 atom stereocenters. The van der Waals surface area contributed by atoms with Gasteiger partial charge in [-0.25, -0.2) is 0 Å². The molecule has 1 aromatic rings. The van der Waals surface area contributed by atoms with E-state index in [4.69, 9.17) is 9.84 Å². The maximum Gasteiger partial charge on any atom is 0.260 e. The molecule has 1 aliphatic rings. The standard InChI is InChI=1S/C17H25NO3/c1-13-7-8-16(11-14(13)2)21-12-17(20)18-9-3-5-15(18)6-4-10-19/h7-8,11,15,19H,3-6,9-10,12H2,1-2H3. The third-order valence-electron chi connectivity index (χ3n) is 4.23. The van der Waals surface area contributed by atoms with Crippen LogP contribution in [-0.2, 0) is 4.79 Å². The highest BCUT2D eigenvalue weighted by Crippen LogP contribution is 2.22. The Bertz CT molecular complexity index is 487. The first-order valence-corrected chi connectivity index (χ1v) is 7.72. The Kier molecular flexibility index (Phi) is 5.62. The number of hydrogen-bond acceptors (Lipinski definition) is 3. The summed E-state index contributed by atoms with van der Waals surface area (Å²) in [6.07, 6.45) is 3.72. The van der Waals surface area contributed by atoms with Crippen LogP contribution in [-0.4, -0.2) is 41.7 Å². The molecule has 0 bridgehead atoms. The van der Waals surface area contributed by atoms with E-state index in [0.717, 1.165) is 38.0 Å². The summed E-state index contributed by atoms with van der Waals surface area (Å²) in [6.45, 7) is 5.19. The largest absolute Gasteiger partial charge is 0.484 e. The number of carbonyl (C=O) groups is 1. The smallest absolute Gasteiger partial charge is 0.260 e. The normalized spacial score (nSPS) is 18.0. The van der Waals surface area contributed by atoms with Crippen molar-refractivity contribution in [3.63, 3.8) is 0 Å². The van der Waals surface area contributed by atoms with Gasteiger partial charge in [0, 0.05) is 19.2 Å². The lowest BCUT2D eigenvalue weighted by Crippen LogP contribution is -2.38. The molecule has 116 valence electrons. The molecule has 0 aliphatic carbocycles. The summed E-state index contributed by atoms with van der Waals surface area (Å²) in [4.78, 5) is 14.2. The molecule has 0 radical (unpaired) electrons. The van der Waals surface area contributed by atoms with Crippen molar-refractivity contribution in [3.05, 3.63) is 29.3 Å². The number of hydrogen-bond donors (Lipinski definition) is 1. The summed E-state index contributed by atoms with van der Waals surface area (Å²) < 4.78 is 5.63. The van der Waals surface area contributed by atoms with Gasteiger partial charge in [0.2, 0.25) is 0 Å². The zero-order valence-corrected chi connectivity index (χ0v) is 13.0. The number of amides is 1. The fourth-order valence-corrected chi connectivity index (χ4v) is 2.82. The maximum atomic E-state index is 12.3. The van der Waals surface area contributed by atoms with Crippen LogP contribution in [0.5, 0.6) is 5.75 Å². The van der Waals surface area contributed by atoms with Crippen molar-refractivity contribution in [2.24, 2.45) is 0 Å². The summed E-state index contributed by atoms with van der Waals surface area (Å²) in [5.41, 5.74) is 2.39. The summed E-state index contributed by atoms with van der Waals surface area (Å²) in [5.74, 6) is 0.797. The Labute approximate surface area is 126 Å². The Hall–Kier alpha value is -1.55. The molecule has 4 nitrogen and oxygen atoms in total. The minimum absolute atomic E-state index is 0.0497. The lowest BCUT2D eigenvalue weighted by Gasteiger charge is -2.24. The number of aryl methyl sites for hydroxylation is 2. The predicted molar refractivity (Wildman–Crippen MR) is 82.5 cm³/mol. The van der Waals surface area contributed by atoms with Crippen molar-refractivity contribution in [2.45, 2.75) is 45.6 Å². The van der Waals surface area contributed by atoms with Crippen molar-refractivity contribution in [1.82, 2.24) is 4.90 Å². The molecular formula is C17H25NO3. The molecule has 0 saturated carbocycles. The molecular weight excluding hydrogens is 266 g/mol. The third kappa shape index (κ3) is 4.21. The molecule has 2 rings (SSSR count). The second-order valence-corrected chi connectivity index (χ2v) is 5.78. The Balaban J connectivity index is 1.87. The molecule has 1 saturated heterocycles. The molecule has 0 spiro atoms. The fraction of sp³-hybridized carbons (Fsp3) is 0.588. The minimum Gasteiger partial charge on any atom is -0.484 e. The molecule has 1 N–H and O–H groups in total. The van der Waals surface area contributed by atoms with E-state index in [0.29, 0.717) is 0 Å². The first-order valence-electron chi connectivity index (χ1n) is 7.72. The fourth-order valence-electron chi connectivity index (χ4n) is 2.82. The van der Waals surface area contributed by atoms with Gasteiger partial charge in [-0.2, -0.15) is 0 Å². The Morgan fingerprint density at radius 2 is 2.19 bits per heavy atom. The number of rotatable bonds is 6. The van der Waals surface area contributed by atoms with E-state index in [9.17, 15) is 4.79 Å². The van der Waals surface area contributed by atoms with Crippen molar-refractivity contribution >= 4 is 5.91 Å². The van der Waals surface area contributed by atoms with E-state index in [1.165, 1.54) is 11.1 Å². The number of carbonyl (C=O) groups excluding carboxylic acids is 1. The van der Waals surface area contributed by atoms with E-state index >= 15 is 0 Å². The van der Waals surface area contributed by atoms with Gasteiger partial charge < -0.3 is 14.7 Å². The van der Waals surface area contributed by atoms with Crippen molar-refractivity contribution in [2.75, 3.05) is 19.8 Å². The van der Waals surface area contributed by atoms with E-state index in [1.807, 2.05) is 30.0 Å². The van der Waals surface area contributed by atoms with Crippen molar-refractivity contribution < 1.29 is 14.6 Å². The average molecular weight is 291 g/mol. The van der Waals surface area contributed by atoms with Crippen LogP contribution in [0.3, 0.4) is 0 Å². The van der Waals surface area contributed by atoms with Crippen LogP contribution in [0.1, 0.15) is 36.8 Å². The van der Waals surface area contributed by atoms with E-state index in [2.05, 4.69) is 6.92 Å². The second-order valence-electron chi connectivity index (χ2n) is 5.78. The lowest BCUT2D eigenvalue weighted by molar-refractivity contribution is -0.134. The third-order valence-corrected chi connectivity index (χ3v) is 4.23. The highest BCUT2D eigenvalue weighted by molar-refractivity contribution is 5.78. The highest BCUT2D eigenvalue weighted by atomic mass is 16.5. The molecule has 4 heteroatoms. The van der Waals surface area contributed by atoms with Crippen LogP contribution >= 0.6 is 0 Å². The van der Waals surface area contributed by atoms with E-state index in [1.54, 1.807) is 0 Å². The van der Waals surface area contributed by atoms with Gasteiger partial charge in [0.15, 0.2) is 6.61 Å². The summed E-state index contributed by atoms with van der Waals surface area (Å²) in [5, 5.41) is 8.92. The first-order chi connectivity index (χ1) is 10.1. The number of aliphatic hydroxyl groups excluding tert-OH is 1. The summed E-state index contributed by atoms with van der Waals surface area (Å²) in [7, 11) is 0. The van der Waals surface area contributed by atoms with Gasteiger partial charge in [-0.05, 0) is 62.8 Å². The number of ether oxygens (including phenoxy) is 1. The van der Waals surface area contributed by atoms with Gasteiger partial charge in [0.25, 0.3) is 5.91 Å². The van der Waals surface area contributed by atoms with Crippen molar-refractivity contribution in [1.29, 1.82) is 0 Å². The van der Waals surface area contributed by atoms with Gasteiger partial charge in [0.05, 0.1) is 0 Å². The SMILES string of the molecule is Cc1ccc(OCC(=O)N2CCCC2CCCO)cc1C. The number of benzene rings is 1. The second kappa shape index (κ2) is 7.46. The van der Waals surface area contributed by atoms with Crippen LogP contribution in [0.25, 0.3) is 0 Å². The number of nitrogens with zero attached hydrogens (tertiary/aromatic N) is 1. The molecule has 1 unspecified atom stereocenters. The van der Waals surface area contributed by atoms with Crippen LogP contribution in [0.2, 0.25) is 0 Å². The number of likely N-dealkylation sites (tertiary alicyclic amines) is 1. The van der Waals surface area contributed by atoms with E-state index < -0.39 is 0 Å². The monoisotopic (exact) mass is 291 g/mol. The Morgan fingerprint density at radius 1 is 1.38 bits per heavy atom. The molecule has 1 fully saturated rings. The summed E-state index contributed by atoms with van der Waals surface area (Å²) in [6, 6.07) is 6.15. The molecule has 21 heavy (non-hydrogen) atoms. The first kappa shape index (κ1) is 15.8. The van der Waals surface area contributed by atoms with Gasteiger partial charge >= 0.3 is 0 Å². The predicted octanol–water partition coefficient (Wildman–Crippen LogP) is 2.45. The minimum atomic E-state index is 0.0497. The van der Waals surface area contributed by atoms with Crippen LogP contribution < -0.4 is 4.74 Å². The maximum absolute atomic E-state index is 12.3. The van der Waals surface area contributed by atoms with Crippen LogP contribution in [0, 0.1) is 13.8 Å². The number of aliphatic hydroxyl groups is 1. The molecule has 0 aromatic heterocycles. The topological polar surface area (TPSA) is 49.8 Å². The molecule has 1 heterocycles. The average Bonchev–Trinajstić information content (AvgIpc) is 2.94. The zero-order valence-electron chi connectivity index (χ0n) is 13.0. The van der Waals surface area contributed by atoms with Crippen LogP contribution in [0.15, 0.2) is 18.2 Å². The molecule has 1 amide bonds. The Morgan fingerprint density at radius 3 is 2.90 bits per heavy atom. The van der Waals surface area contributed by atoms with Crippen LogP contribution in [0.4, 0.5) is 0 Å². The zero-order chi connectivity index (χ0) is 15.2. The molecule has 1 aromatic carbocycles. The van der Waals surface area contributed by atoms with Gasteiger partial charge in [-0.15, -0.1) is 0 Å². The lowest BCUT2D eigenvalue weighted by atomic mass is 10.1. The molecule has 1 aliphatic heterocycles. The summed E-state index contributed by atoms with van der Waals surface area (Å²) >= 11 is 0. The van der Waals surface area contributed by atoms with Gasteiger partial charge in [-0.1, -0.05) is 6.07 Å². The van der Waals surface area contributed by atoms with Crippen molar-refractivity contribution in [3.8, 4) is 5.75 Å². The van der Waals surface area contributed by atoms with E-state index in [-0.39, 0.29) is 25.2 Å². The van der Waals surface area contributed by atoms with Gasteiger partial charge in [-0.3, -0.25) is 4.79 Å². The van der Waals surface area contributed by atoms with Gasteiger partial charge in [0.1, 0.15) is 5.75 Å².